The predicted octanol–water partition coefficient (Wildman–Crippen LogP) is 0.980. The van der Waals surface area contributed by atoms with Crippen LogP contribution in [-0.4, -0.2) is 52.1 Å². The van der Waals surface area contributed by atoms with E-state index >= 15 is 0 Å². The summed E-state index contributed by atoms with van der Waals surface area (Å²) in [5.74, 6) is 1.96. The second-order valence-corrected chi connectivity index (χ2v) is 7.84. The Labute approximate surface area is 138 Å². The van der Waals surface area contributed by atoms with Crippen molar-refractivity contribution in [3.05, 3.63) is 29.8 Å². The summed E-state index contributed by atoms with van der Waals surface area (Å²) < 4.78 is 28.3. The van der Waals surface area contributed by atoms with Crippen molar-refractivity contribution < 1.29 is 13.2 Å². The van der Waals surface area contributed by atoms with Gasteiger partial charge in [-0.05, 0) is 37.5 Å². The maximum absolute atomic E-state index is 11.5. The smallest absolute Gasteiger partial charge is 0.191 e. The highest BCUT2D eigenvalue weighted by atomic mass is 32.2. The number of guanidine groups is 1. The number of hydrogen-bond donors (Lipinski definition) is 2. The molecule has 1 aliphatic rings. The number of rotatable bonds is 6. The third-order valence-electron chi connectivity index (χ3n) is 3.72. The van der Waals surface area contributed by atoms with Crippen molar-refractivity contribution in [1.29, 1.82) is 0 Å². The normalized spacial score (nSPS) is 20.3. The van der Waals surface area contributed by atoms with Crippen molar-refractivity contribution >= 4 is 15.8 Å². The Kier molecular flexibility index (Phi) is 6.27. The molecule has 1 atom stereocenters. The van der Waals surface area contributed by atoms with Gasteiger partial charge in [0.05, 0.1) is 18.6 Å². The molecule has 1 saturated heterocycles. The Bertz CT molecular complexity index is 644. The van der Waals surface area contributed by atoms with Gasteiger partial charge in [-0.25, -0.2) is 8.42 Å². The van der Waals surface area contributed by atoms with Gasteiger partial charge >= 0.3 is 0 Å². The minimum Gasteiger partial charge on any atom is -0.497 e. The molecule has 2 N–H and O–H groups in total. The zero-order chi connectivity index (χ0) is 16.7. The summed E-state index contributed by atoms with van der Waals surface area (Å²) in [5.41, 5.74) is 1.16. The second-order valence-electron chi connectivity index (χ2n) is 5.61. The van der Waals surface area contributed by atoms with Crippen LogP contribution in [0.15, 0.2) is 29.3 Å². The van der Waals surface area contributed by atoms with Crippen LogP contribution in [0.5, 0.6) is 5.75 Å². The number of ether oxygens (including phenoxy) is 1. The van der Waals surface area contributed by atoms with E-state index in [0.29, 0.717) is 18.9 Å². The fraction of sp³-hybridized carbons (Fsp3) is 0.562. The van der Waals surface area contributed by atoms with E-state index < -0.39 is 9.84 Å². The molecule has 0 spiro atoms. The molecular formula is C16H25N3O3S. The maximum Gasteiger partial charge on any atom is 0.191 e. The fourth-order valence-electron chi connectivity index (χ4n) is 2.55. The number of methoxy groups -OCH3 is 1. The number of nitrogens with one attached hydrogen (secondary N) is 2. The summed E-state index contributed by atoms with van der Waals surface area (Å²) >= 11 is 0. The van der Waals surface area contributed by atoms with Crippen LogP contribution in [0.4, 0.5) is 0 Å². The lowest BCUT2D eigenvalue weighted by atomic mass is 10.1. The van der Waals surface area contributed by atoms with Crippen molar-refractivity contribution in [3.63, 3.8) is 0 Å². The van der Waals surface area contributed by atoms with Crippen molar-refractivity contribution in [2.24, 2.45) is 4.99 Å². The van der Waals surface area contributed by atoms with E-state index in [1.54, 1.807) is 7.11 Å². The lowest BCUT2D eigenvalue weighted by Crippen LogP contribution is -2.44. The van der Waals surface area contributed by atoms with E-state index in [4.69, 9.17) is 4.74 Å². The first kappa shape index (κ1) is 17.6. The zero-order valence-corrected chi connectivity index (χ0v) is 14.5. The lowest BCUT2D eigenvalue weighted by Gasteiger charge is -2.15. The van der Waals surface area contributed by atoms with Crippen LogP contribution in [0.3, 0.4) is 0 Å². The summed E-state index contributed by atoms with van der Waals surface area (Å²) in [4.78, 5) is 4.53. The fourth-order valence-corrected chi connectivity index (χ4v) is 4.22. The summed E-state index contributed by atoms with van der Waals surface area (Å²) in [5, 5.41) is 6.38. The van der Waals surface area contributed by atoms with Crippen molar-refractivity contribution in [2.75, 3.05) is 31.7 Å². The van der Waals surface area contributed by atoms with Gasteiger partial charge in [-0.3, -0.25) is 4.99 Å². The van der Waals surface area contributed by atoms with E-state index in [1.165, 1.54) is 0 Å². The van der Waals surface area contributed by atoms with Gasteiger partial charge in [-0.2, -0.15) is 0 Å². The highest BCUT2D eigenvalue weighted by Gasteiger charge is 2.28. The van der Waals surface area contributed by atoms with Crippen molar-refractivity contribution in [3.8, 4) is 5.75 Å². The Balaban J connectivity index is 1.90. The molecule has 23 heavy (non-hydrogen) atoms. The first-order valence-corrected chi connectivity index (χ1v) is 9.73. The number of aliphatic imine (C=N–C) groups is 1. The van der Waals surface area contributed by atoms with Crippen LogP contribution in [0.25, 0.3) is 0 Å². The van der Waals surface area contributed by atoms with E-state index in [-0.39, 0.29) is 17.5 Å². The van der Waals surface area contributed by atoms with E-state index in [1.807, 2.05) is 31.2 Å². The number of benzene rings is 1. The SMILES string of the molecule is CCNC(=NCCc1cccc(OC)c1)NC1CCS(=O)(=O)C1. The minimum absolute atomic E-state index is 0.0466. The topological polar surface area (TPSA) is 79.8 Å². The first-order chi connectivity index (χ1) is 11.0. The van der Waals surface area contributed by atoms with Crippen LogP contribution in [-0.2, 0) is 16.3 Å². The Morgan fingerprint density at radius 3 is 2.91 bits per heavy atom. The van der Waals surface area contributed by atoms with Gasteiger partial charge in [0.2, 0.25) is 0 Å². The van der Waals surface area contributed by atoms with Gasteiger partial charge in [0.25, 0.3) is 0 Å². The van der Waals surface area contributed by atoms with Gasteiger partial charge in [0, 0.05) is 19.1 Å². The largest absolute Gasteiger partial charge is 0.497 e. The third kappa shape index (κ3) is 5.74. The van der Waals surface area contributed by atoms with Gasteiger partial charge in [-0.15, -0.1) is 0 Å². The molecule has 0 saturated carbocycles. The van der Waals surface area contributed by atoms with Crippen LogP contribution >= 0.6 is 0 Å². The molecule has 1 aromatic carbocycles. The van der Waals surface area contributed by atoms with Gasteiger partial charge < -0.3 is 15.4 Å². The molecule has 1 fully saturated rings. The molecule has 7 heteroatoms. The second kappa shape index (κ2) is 8.19. The summed E-state index contributed by atoms with van der Waals surface area (Å²) in [7, 11) is -1.23. The van der Waals surface area contributed by atoms with Crippen LogP contribution in [0.1, 0.15) is 18.9 Å². The van der Waals surface area contributed by atoms with E-state index in [0.717, 1.165) is 24.3 Å². The standard InChI is InChI=1S/C16H25N3O3S/c1-3-17-16(19-14-8-10-23(20,21)12-14)18-9-7-13-5-4-6-15(11-13)22-2/h4-6,11,14H,3,7-10,12H2,1-2H3,(H2,17,18,19). The zero-order valence-electron chi connectivity index (χ0n) is 13.7. The summed E-state index contributed by atoms with van der Waals surface area (Å²) in [6, 6.07) is 7.87. The molecule has 1 unspecified atom stereocenters. The van der Waals surface area contributed by atoms with Crippen LogP contribution in [0, 0.1) is 0 Å². The summed E-state index contributed by atoms with van der Waals surface area (Å²) in [6.45, 7) is 3.36. The average Bonchev–Trinajstić information content (AvgIpc) is 2.86. The average molecular weight is 339 g/mol. The van der Waals surface area contributed by atoms with Crippen molar-refractivity contribution in [1.82, 2.24) is 10.6 Å². The molecule has 0 aromatic heterocycles. The maximum atomic E-state index is 11.5. The van der Waals surface area contributed by atoms with Crippen LogP contribution < -0.4 is 15.4 Å². The molecule has 2 rings (SSSR count). The van der Waals surface area contributed by atoms with E-state index in [2.05, 4.69) is 15.6 Å². The molecule has 6 nitrogen and oxygen atoms in total. The predicted molar refractivity (Wildman–Crippen MR) is 92.9 cm³/mol. The lowest BCUT2D eigenvalue weighted by molar-refractivity contribution is 0.414. The van der Waals surface area contributed by atoms with Gasteiger partial charge in [0.1, 0.15) is 5.75 Å². The molecule has 1 heterocycles. The Morgan fingerprint density at radius 2 is 2.26 bits per heavy atom. The molecule has 0 amide bonds. The third-order valence-corrected chi connectivity index (χ3v) is 5.49. The van der Waals surface area contributed by atoms with Gasteiger partial charge in [0.15, 0.2) is 15.8 Å². The molecule has 0 bridgehead atoms. The number of hydrogen-bond acceptors (Lipinski definition) is 4. The monoisotopic (exact) mass is 339 g/mol. The Hall–Kier alpha value is -1.76. The molecule has 0 aliphatic carbocycles. The Morgan fingerprint density at radius 1 is 1.43 bits per heavy atom. The summed E-state index contributed by atoms with van der Waals surface area (Å²) in [6.07, 6.45) is 1.44. The van der Waals surface area contributed by atoms with Crippen molar-refractivity contribution in [2.45, 2.75) is 25.8 Å². The van der Waals surface area contributed by atoms with E-state index in [9.17, 15) is 8.42 Å². The molecule has 128 valence electrons. The van der Waals surface area contributed by atoms with Gasteiger partial charge in [-0.1, -0.05) is 12.1 Å². The quantitative estimate of drug-likeness (QED) is 0.597. The molecular weight excluding hydrogens is 314 g/mol. The highest BCUT2D eigenvalue weighted by molar-refractivity contribution is 7.91. The molecule has 1 aliphatic heterocycles. The minimum atomic E-state index is -2.89. The number of nitrogens with zero attached hydrogens (tertiary/aromatic N) is 1. The molecule has 1 aromatic rings. The van der Waals surface area contributed by atoms with Crippen LogP contribution in [0.2, 0.25) is 0 Å². The highest BCUT2D eigenvalue weighted by Crippen LogP contribution is 2.13. The first-order valence-electron chi connectivity index (χ1n) is 7.90. The number of sulfone groups is 1. The molecule has 0 radical (unpaired) electrons.